The fraction of sp³-hybridized carbons (Fsp3) is 0.278. The van der Waals surface area contributed by atoms with Crippen molar-refractivity contribution < 1.29 is 0 Å². The zero-order valence-electron chi connectivity index (χ0n) is 13.1. The summed E-state index contributed by atoms with van der Waals surface area (Å²) in [7, 11) is 0. The predicted octanol–water partition coefficient (Wildman–Crippen LogP) is 4.98. The number of benzene rings is 2. The molecule has 0 radical (unpaired) electrons. The number of nitrogens with one attached hydrogen (secondary N) is 2. The van der Waals surface area contributed by atoms with Crippen molar-refractivity contribution in [3.8, 4) is 0 Å². The van der Waals surface area contributed by atoms with E-state index < -0.39 is 0 Å². The number of para-hydroxylation sites is 2. The highest BCUT2D eigenvalue weighted by atomic mass is 32.1. The first kappa shape index (κ1) is 15.5. The maximum Gasteiger partial charge on any atom is 0.175 e. The van der Waals surface area contributed by atoms with Crippen molar-refractivity contribution in [3.05, 3.63) is 58.7 Å². The minimum absolute atomic E-state index is 0.636. The van der Waals surface area contributed by atoms with Crippen LogP contribution in [0, 0.1) is 20.8 Å². The van der Waals surface area contributed by atoms with Gasteiger partial charge < -0.3 is 10.6 Å². The van der Waals surface area contributed by atoms with Crippen LogP contribution in [0.5, 0.6) is 0 Å². The summed E-state index contributed by atoms with van der Waals surface area (Å²) in [6.07, 6.45) is 0.982. The predicted molar refractivity (Wildman–Crippen MR) is 96.3 cm³/mol. The van der Waals surface area contributed by atoms with Gasteiger partial charge in [-0.3, -0.25) is 0 Å². The fourth-order valence-corrected chi connectivity index (χ4v) is 2.68. The van der Waals surface area contributed by atoms with Gasteiger partial charge in [-0.15, -0.1) is 0 Å². The van der Waals surface area contributed by atoms with E-state index in [2.05, 4.69) is 74.7 Å². The summed E-state index contributed by atoms with van der Waals surface area (Å²) in [5, 5.41) is 7.31. The highest BCUT2D eigenvalue weighted by Gasteiger charge is 2.08. The molecule has 0 unspecified atom stereocenters. The maximum atomic E-state index is 5.48. The third-order valence-electron chi connectivity index (χ3n) is 3.70. The number of rotatable bonds is 3. The van der Waals surface area contributed by atoms with E-state index in [1.165, 1.54) is 22.3 Å². The molecule has 0 heterocycles. The second kappa shape index (κ2) is 6.72. The fourth-order valence-electron chi connectivity index (χ4n) is 2.47. The van der Waals surface area contributed by atoms with Crippen LogP contribution < -0.4 is 10.6 Å². The second-order valence-corrected chi connectivity index (χ2v) is 5.72. The molecule has 2 rings (SSSR count). The molecule has 0 fully saturated rings. The molecule has 2 aromatic rings. The maximum absolute atomic E-state index is 5.48. The molecule has 0 aliphatic rings. The first-order valence-electron chi connectivity index (χ1n) is 7.25. The minimum atomic E-state index is 0.636. The van der Waals surface area contributed by atoms with Crippen molar-refractivity contribution in [1.29, 1.82) is 0 Å². The Hall–Kier alpha value is -1.87. The number of hydrogen-bond acceptors (Lipinski definition) is 1. The molecule has 110 valence electrons. The molecule has 2 aromatic carbocycles. The van der Waals surface area contributed by atoms with Gasteiger partial charge in [-0.1, -0.05) is 43.3 Å². The first-order chi connectivity index (χ1) is 10.0. The Kier molecular flexibility index (Phi) is 4.97. The smallest absolute Gasteiger partial charge is 0.175 e. The van der Waals surface area contributed by atoms with Gasteiger partial charge in [0.1, 0.15) is 0 Å². The van der Waals surface area contributed by atoms with Crippen LogP contribution in [-0.2, 0) is 6.42 Å². The largest absolute Gasteiger partial charge is 0.332 e. The van der Waals surface area contributed by atoms with Crippen LogP contribution in [0.1, 0.15) is 29.2 Å². The molecule has 2 N–H and O–H groups in total. The zero-order chi connectivity index (χ0) is 15.4. The molecular formula is C18H22N2S. The van der Waals surface area contributed by atoms with Gasteiger partial charge in [0.05, 0.1) is 0 Å². The molecule has 0 bridgehead atoms. The Morgan fingerprint density at radius 3 is 1.90 bits per heavy atom. The van der Waals surface area contributed by atoms with E-state index in [0.717, 1.165) is 17.8 Å². The van der Waals surface area contributed by atoms with Crippen molar-refractivity contribution in [1.82, 2.24) is 0 Å². The normalized spacial score (nSPS) is 10.3. The monoisotopic (exact) mass is 298 g/mol. The molecule has 0 spiro atoms. The van der Waals surface area contributed by atoms with Crippen LogP contribution in [0.25, 0.3) is 0 Å². The number of anilines is 2. The van der Waals surface area contributed by atoms with Crippen LogP contribution in [-0.4, -0.2) is 5.11 Å². The topological polar surface area (TPSA) is 24.1 Å². The highest BCUT2D eigenvalue weighted by molar-refractivity contribution is 7.80. The molecule has 0 saturated heterocycles. The standard InChI is InChI=1S/C18H22N2S/c1-5-15-11-7-10-14(4)17(15)20-18(21)19-16-12(2)8-6-9-13(16)3/h6-11H,5H2,1-4H3,(H2,19,20,21). The van der Waals surface area contributed by atoms with Crippen LogP contribution in [0.3, 0.4) is 0 Å². The van der Waals surface area contributed by atoms with E-state index in [9.17, 15) is 0 Å². The Labute approximate surface area is 132 Å². The lowest BCUT2D eigenvalue weighted by molar-refractivity contribution is 1.13. The first-order valence-corrected chi connectivity index (χ1v) is 7.66. The summed E-state index contributed by atoms with van der Waals surface area (Å²) < 4.78 is 0. The molecule has 2 nitrogen and oxygen atoms in total. The molecule has 0 saturated carbocycles. The molecule has 21 heavy (non-hydrogen) atoms. The number of hydrogen-bond donors (Lipinski definition) is 2. The quantitative estimate of drug-likeness (QED) is 0.781. The molecular weight excluding hydrogens is 276 g/mol. The molecule has 0 aromatic heterocycles. The van der Waals surface area contributed by atoms with Crippen molar-refractivity contribution in [2.75, 3.05) is 10.6 Å². The van der Waals surface area contributed by atoms with E-state index in [1.807, 2.05) is 0 Å². The third-order valence-corrected chi connectivity index (χ3v) is 3.90. The lowest BCUT2D eigenvalue weighted by Gasteiger charge is -2.18. The van der Waals surface area contributed by atoms with Crippen LogP contribution in [0.2, 0.25) is 0 Å². The van der Waals surface area contributed by atoms with E-state index in [0.29, 0.717) is 5.11 Å². The summed E-state index contributed by atoms with van der Waals surface area (Å²) in [5.41, 5.74) is 7.07. The SMILES string of the molecule is CCc1cccc(C)c1NC(=S)Nc1c(C)cccc1C. The zero-order valence-corrected chi connectivity index (χ0v) is 13.9. The average Bonchev–Trinajstić information content (AvgIpc) is 2.45. The summed E-state index contributed by atoms with van der Waals surface area (Å²) in [6.45, 7) is 8.43. The van der Waals surface area contributed by atoms with E-state index in [1.54, 1.807) is 0 Å². The molecule has 0 amide bonds. The van der Waals surface area contributed by atoms with E-state index in [4.69, 9.17) is 12.2 Å². The minimum Gasteiger partial charge on any atom is -0.332 e. The van der Waals surface area contributed by atoms with Gasteiger partial charge in [0.2, 0.25) is 0 Å². The summed E-state index contributed by atoms with van der Waals surface area (Å²) in [5.74, 6) is 0. The number of thiocarbonyl (C=S) groups is 1. The summed E-state index contributed by atoms with van der Waals surface area (Å²) in [6, 6.07) is 12.6. The van der Waals surface area contributed by atoms with Crippen molar-refractivity contribution in [3.63, 3.8) is 0 Å². The molecule has 0 aliphatic heterocycles. The third kappa shape index (κ3) is 3.61. The lowest BCUT2D eigenvalue weighted by atomic mass is 10.1. The van der Waals surface area contributed by atoms with Crippen LogP contribution in [0.4, 0.5) is 11.4 Å². The molecule has 0 aliphatic carbocycles. The van der Waals surface area contributed by atoms with Crippen molar-refractivity contribution in [2.24, 2.45) is 0 Å². The van der Waals surface area contributed by atoms with Gasteiger partial charge in [0.25, 0.3) is 0 Å². The Morgan fingerprint density at radius 1 is 0.857 bits per heavy atom. The van der Waals surface area contributed by atoms with Gasteiger partial charge in [-0.25, -0.2) is 0 Å². The van der Waals surface area contributed by atoms with Crippen molar-refractivity contribution in [2.45, 2.75) is 34.1 Å². The van der Waals surface area contributed by atoms with Gasteiger partial charge in [0, 0.05) is 11.4 Å². The average molecular weight is 298 g/mol. The van der Waals surface area contributed by atoms with E-state index in [-0.39, 0.29) is 0 Å². The van der Waals surface area contributed by atoms with Crippen molar-refractivity contribution >= 4 is 28.7 Å². The lowest BCUT2D eigenvalue weighted by Crippen LogP contribution is -2.21. The van der Waals surface area contributed by atoms with E-state index >= 15 is 0 Å². The summed E-state index contributed by atoms with van der Waals surface area (Å²) in [4.78, 5) is 0. The Balaban J connectivity index is 2.20. The second-order valence-electron chi connectivity index (χ2n) is 5.31. The highest BCUT2D eigenvalue weighted by Crippen LogP contribution is 2.23. The van der Waals surface area contributed by atoms with Gasteiger partial charge >= 0.3 is 0 Å². The Bertz CT molecular complexity index is 642. The van der Waals surface area contributed by atoms with Crippen LogP contribution >= 0.6 is 12.2 Å². The van der Waals surface area contributed by atoms with Crippen LogP contribution in [0.15, 0.2) is 36.4 Å². The van der Waals surface area contributed by atoms with Gasteiger partial charge in [-0.05, 0) is 61.7 Å². The molecule has 3 heteroatoms. The Morgan fingerprint density at radius 2 is 1.33 bits per heavy atom. The molecule has 0 atom stereocenters. The van der Waals surface area contributed by atoms with Gasteiger partial charge in [-0.2, -0.15) is 0 Å². The number of aryl methyl sites for hydroxylation is 4. The summed E-state index contributed by atoms with van der Waals surface area (Å²) >= 11 is 5.48. The van der Waals surface area contributed by atoms with Gasteiger partial charge in [0.15, 0.2) is 5.11 Å².